The van der Waals surface area contributed by atoms with Gasteiger partial charge in [0.25, 0.3) is 0 Å². The minimum Gasteiger partial charge on any atom is -0.355 e. The van der Waals surface area contributed by atoms with Crippen molar-refractivity contribution in [2.45, 2.75) is 75.6 Å². The Hall–Kier alpha value is -1.44. The summed E-state index contributed by atoms with van der Waals surface area (Å²) in [6.45, 7) is 4.53. The zero-order valence-corrected chi connectivity index (χ0v) is 20.0. The average Bonchev–Trinajstić information content (AvgIpc) is 2.78. The van der Waals surface area contributed by atoms with E-state index in [4.69, 9.17) is 0 Å². The number of nitrogens with zero attached hydrogens (tertiary/aromatic N) is 2. The summed E-state index contributed by atoms with van der Waals surface area (Å²) in [5.41, 5.74) is 0.787. The molecule has 31 heavy (non-hydrogen) atoms. The van der Waals surface area contributed by atoms with Crippen molar-refractivity contribution >= 4 is 15.9 Å². The van der Waals surface area contributed by atoms with Crippen molar-refractivity contribution in [1.82, 2.24) is 14.5 Å². The Morgan fingerprint density at radius 3 is 2.45 bits per heavy atom. The van der Waals surface area contributed by atoms with Crippen LogP contribution in [0.15, 0.2) is 29.2 Å². The zero-order valence-electron chi connectivity index (χ0n) is 19.2. The van der Waals surface area contributed by atoms with Gasteiger partial charge in [-0.2, -0.15) is 4.31 Å². The molecule has 1 heterocycles. The first kappa shape index (κ1) is 24.2. The van der Waals surface area contributed by atoms with Gasteiger partial charge in [0, 0.05) is 38.6 Å². The van der Waals surface area contributed by atoms with Crippen molar-refractivity contribution in [1.29, 1.82) is 0 Å². The SMILES string of the molecule is Cc1ccccc1S(=O)(=O)N1CCC(CCC(=O)NCCN(C)C2CCCCC2)CC1. The number of rotatable bonds is 9. The van der Waals surface area contributed by atoms with E-state index in [1.165, 1.54) is 32.1 Å². The highest BCUT2D eigenvalue weighted by atomic mass is 32.2. The molecule has 1 saturated carbocycles. The molecule has 0 aromatic heterocycles. The summed E-state index contributed by atoms with van der Waals surface area (Å²) in [5.74, 6) is 0.533. The number of aryl methyl sites for hydroxylation is 1. The average molecular weight is 450 g/mol. The van der Waals surface area contributed by atoms with Gasteiger partial charge in [-0.15, -0.1) is 0 Å². The lowest BCUT2D eigenvalue weighted by molar-refractivity contribution is -0.121. The van der Waals surface area contributed by atoms with Crippen LogP contribution in [0.2, 0.25) is 0 Å². The van der Waals surface area contributed by atoms with E-state index in [9.17, 15) is 13.2 Å². The van der Waals surface area contributed by atoms with Gasteiger partial charge >= 0.3 is 0 Å². The van der Waals surface area contributed by atoms with E-state index in [0.29, 0.717) is 42.9 Å². The molecule has 174 valence electrons. The second-order valence-electron chi connectivity index (χ2n) is 9.27. The van der Waals surface area contributed by atoms with Gasteiger partial charge in [0.2, 0.25) is 15.9 Å². The summed E-state index contributed by atoms with van der Waals surface area (Å²) < 4.78 is 27.5. The molecule has 2 fully saturated rings. The van der Waals surface area contributed by atoms with E-state index in [0.717, 1.165) is 31.4 Å². The van der Waals surface area contributed by atoms with E-state index < -0.39 is 10.0 Å². The quantitative estimate of drug-likeness (QED) is 0.626. The van der Waals surface area contributed by atoms with E-state index >= 15 is 0 Å². The normalized spacial score (nSPS) is 19.6. The van der Waals surface area contributed by atoms with Crippen LogP contribution in [0.3, 0.4) is 0 Å². The number of carbonyl (C=O) groups excluding carboxylic acids is 1. The molecule has 6 nitrogen and oxygen atoms in total. The molecule has 1 N–H and O–H groups in total. The highest BCUT2D eigenvalue weighted by molar-refractivity contribution is 7.89. The fourth-order valence-electron chi connectivity index (χ4n) is 4.92. The van der Waals surface area contributed by atoms with Crippen molar-refractivity contribution in [3.05, 3.63) is 29.8 Å². The van der Waals surface area contributed by atoms with E-state index in [2.05, 4.69) is 17.3 Å². The number of carbonyl (C=O) groups is 1. The number of likely N-dealkylation sites (N-methyl/N-ethyl adjacent to an activating group) is 1. The predicted molar refractivity (Wildman–Crippen MR) is 124 cm³/mol. The van der Waals surface area contributed by atoms with Crippen LogP contribution in [0.1, 0.15) is 63.4 Å². The van der Waals surface area contributed by atoms with Gasteiger partial charge in [0.15, 0.2) is 0 Å². The van der Waals surface area contributed by atoms with Crippen LogP contribution >= 0.6 is 0 Å². The Balaban J connectivity index is 1.34. The van der Waals surface area contributed by atoms with Crippen molar-refractivity contribution in [3.8, 4) is 0 Å². The summed E-state index contributed by atoms with van der Waals surface area (Å²) in [5, 5.41) is 3.07. The number of sulfonamides is 1. The van der Waals surface area contributed by atoms with Crippen molar-refractivity contribution < 1.29 is 13.2 Å². The molecule has 0 radical (unpaired) electrons. The molecular formula is C24H39N3O3S. The van der Waals surface area contributed by atoms with Gasteiger partial charge in [-0.05, 0) is 63.6 Å². The predicted octanol–water partition coefficient (Wildman–Crippen LogP) is 3.56. The molecule has 1 aromatic carbocycles. The lowest BCUT2D eigenvalue weighted by atomic mass is 9.93. The van der Waals surface area contributed by atoms with Crippen molar-refractivity contribution in [2.75, 3.05) is 33.2 Å². The van der Waals surface area contributed by atoms with Crippen LogP contribution in [0, 0.1) is 12.8 Å². The summed E-state index contributed by atoms with van der Waals surface area (Å²) >= 11 is 0. The molecule has 1 aliphatic heterocycles. The molecule has 2 aliphatic rings. The van der Waals surface area contributed by atoms with Gasteiger partial charge in [-0.25, -0.2) is 8.42 Å². The Bertz CT molecular complexity index is 813. The maximum atomic E-state index is 12.9. The first-order chi connectivity index (χ1) is 14.9. The van der Waals surface area contributed by atoms with E-state index in [-0.39, 0.29) is 5.91 Å². The maximum Gasteiger partial charge on any atom is 0.243 e. The topological polar surface area (TPSA) is 69.7 Å². The third kappa shape index (κ3) is 6.77. The first-order valence-electron chi connectivity index (χ1n) is 11.9. The van der Waals surface area contributed by atoms with Gasteiger partial charge in [-0.3, -0.25) is 4.79 Å². The summed E-state index contributed by atoms with van der Waals surface area (Å²) in [4.78, 5) is 15.1. The number of piperidine rings is 1. The largest absolute Gasteiger partial charge is 0.355 e. The molecule has 1 saturated heterocycles. The molecular weight excluding hydrogens is 410 g/mol. The molecule has 1 amide bonds. The van der Waals surface area contributed by atoms with Crippen LogP contribution in [0.4, 0.5) is 0 Å². The van der Waals surface area contributed by atoms with E-state index in [1.807, 2.05) is 19.1 Å². The molecule has 1 aromatic rings. The third-order valence-electron chi connectivity index (χ3n) is 7.05. The molecule has 7 heteroatoms. The smallest absolute Gasteiger partial charge is 0.243 e. The van der Waals surface area contributed by atoms with Crippen LogP contribution in [0.25, 0.3) is 0 Å². The summed E-state index contributed by atoms with van der Waals surface area (Å²) in [7, 11) is -1.26. The molecule has 0 bridgehead atoms. The Labute approximate surface area is 188 Å². The standard InChI is InChI=1S/C24H39N3O3S/c1-20-8-6-7-11-23(20)31(29,30)27-17-14-21(15-18-27)12-13-24(28)25-16-19-26(2)22-9-4-3-5-10-22/h6-8,11,21-22H,3-5,9-10,12-19H2,1-2H3,(H,25,28). The molecule has 3 rings (SSSR count). The highest BCUT2D eigenvalue weighted by Gasteiger charge is 2.30. The second-order valence-corrected chi connectivity index (χ2v) is 11.2. The zero-order chi connectivity index (χ0) is 22.3. The minimum absolute atomic E-state index is 0.118. The number of amides is 1. The molecule has 0 spiro atoms. The monoisotopic (exact) mass is 449 g/mol. The van der Waals surface area contributed by atoms with Gasteiger partial charge in [-0.1, -0.05) is 37.5 Å². The van der Waals surface area contributed by atoms with Crippen LogP contribution in [0.5, 0.6) is 0 Å². The molecule has 1 aliphatic carbocycles. The van der Waals surface area contributed by atoms with Crippen molar-refractivity contribution in [3.63, 3.8) is 0 Å². The number of hydrogen-bond acceptors (Lipinski definition) is 4. The van der Waals surface area contributed by atoms with E-state index in [1.54, 1.807) is 16.4 Å². The Morgan fingerprint density at radius 1 is 1.10 bits per heavy atom. The first-order valence-corrected chi connectivity index (χ1v) is 13.3. The maximum absolute atomic E-state index is 12.9. The fourth-order valence-corrected chi connectivity index (χ4v) is 6.62. The van der Waals surface area contributed by atoms with Gasteiger partial charge < -0.3 is 10.2 Å². The van der Waals surface area contributed by atoms with Gasteiger partial charge in [0.05, 0.1) is 4.90 Å². The second kappa shape index (κ2) is 11.4. The van der Waals surface area contributed by atoms with Crippen molar-refractivity contribution in [2.24, 2.45) is 5.92 Å². The summed E-state index contributed by atoms with van der Waals surface area (Å²) in [6, 6.07) is 7.84. The lowest BCUT2D eigenvalue weighted by Crippen LogP contribution is -2.40. The number of benzene rings is 1. The third-order valence-corrected chi connectivity index (χ3v) is 9.11. The Kier molecular flexibility index (Phi) is 8.93. The minimum atomic E-state index is -3.43. The Morgan fingerprint density at radius 2 is 1.77 bits per heavy atom. The fraction of sp³-hybridized carbons (Fsp3) is 0.708. The van der Waals surface area contributed by atoms with Crippen LogP contribution < -0.4 is 5.32 Å². The number of hydrogen-bond donors (Lipinski definition) is 1. The molecule has 0 unspecified atom stereocenters. The summed E-state index contributed by atoms with van der Waals surface area (Å²) in [6.07, 6.45) is 9.58. The highest BCUT2D eigenvalue weighted by Crippen LogP contribution is 2.27. The lowest BCUT2D eigenvalue weighted by Gasteiger charge is -2.32. The molecule has 0 atom stereocenters. The van der Waals surface area contributed by atoms with Gasteiger partial charge in [0.1, 0.15) is 0 Å². The van der Waals surface area contributed by atoms with Crippen LogP contribution in [-0.4, -0.2) is 62.8 Å². The number of nitrogens with one attached hydrogen (secondary N) is 1. The van der Waals surface area contributed by atoms with Crippen LogP contribution in [-0.2, 0) is 14.8 Å².